The number of carbonyl (C=O) groups is 1. The maximum atomic E-state index is 12.1. The molecule has 8 heteroatoms. The fourth-order valence-corrected chi connectivity index (χ4v) is 2.51. The third kappa shape index (κ3) is 3.47. The number of nitrogens with one attached hydrogen (secondary N) is 2. The topological polar surface area (TPSA) is 97.9 Å². The molecule has 0 aliphatic heterocycles. The van der Waals surface area contributed by atoms with Crippen LogP contribution >= 0.6 is 11.3 Å². The molecule has 0 aliphatic carbocycles. The molecule has 2 aromatic heterocycles. The molecule has 4 N–H and O–H groups in total. The van der Waals surface area contributed by atoms with Crippen LogP contribution in [0.25, 0.3) is 0 Å². The van der Waals surface area contributed by atoms with Crippen molar-refractivity contribution in [3.05, 3.63) is 17.1 Å². The summed E-state index contributed by atoms with van der Waals surface area (Å²) in [7, 11) is 1.78. The zero-order valence-corrected chi connectivity index (χ0v) is 12.7. The van der Waals surface area contributed by atoms with E-state index in [0.717, 1.165) is 0 Å². The molecule has 2 heterocycles. The Morgan fingerprint density at radius 1 is 1.45 bits per heavy atom. The summed E-state index contributed by atoms with van der Waals surface area (Å²) in [5, 5.41) is 10.6. The Morgan fingerprint density at radius 2 is 2.15 bits per heavy atom. The van der Waals surface area contributed by atoms with Gasteiger partial charge < -0.3 is 16.4 Å². The molecule has 0 bridgehead atoms. The Bertz CT molecular complexity index is 624. The van der Waals surface area contributed by atoms with Crippen LogP contribution in [-0.2, 0) is 7.05 Å². The van der Waals surface area contributed by atoms with Crippen molar-refractivity contribution in [2.24, 2.45) is 7.05 Å². The highest BCUT2D eigenvalue weighted by molar-refractivity contribution is 7.18. The number of carbonyl (C=O) groups excluding carboxylic acids is 1. The van der Waals surface area contributed by atoms with Crippen molar-refractivity contribution < 1.29 is 4.79 Å². The summed E-state index contributed by atoms with van der Waals surface area (Å²) in [4.78, 5) is 16.7. The first-order valence-electron chi connectivity index (χ1n) is 6.10. The van der Waals surface area contributed by atoms with E-state index in [1.165, 1.54) is 11.3 Å². The van der Waals surface area contributed by atoms with Gasteiger partial charge in [-0.2, -0.15) is 5.10 Å². The van der Waals surface area contributed by atoms with Gasteiger partial charge in [-0.05, 0) is 20.8 Å². The second kappa shape index (κ2) is 5.12. The van der Waals surface area contributed by atoms with E-state index in [9.17, 15) is 4.79 Å². The van der Waals surface area contributed by atoms with Crippen LogP contribution in [0.1, 0.15) is 30.4 Å². The second-order valence-electron chi connectivity index (χ2n) is 5.44. The highest BCUT2D eigenvalue weighted by Gasteiger charge is 2.19. The van der Waals surface area contributed by atoms with Crippen LogP contribution in [0.3, 0.4) is 0 Å². The summed E-state index contributed by atoms with van der Waals surface area (Å²) < 4.78 is 1.61. The second-order valence-corrected chi connectivity index (χ2v) is 6.44. The molecule has 0 aliphatic rings. The molecule has 0 spiro atoms. The van der Waals surface area contributed by atoms with E-state index in [2.05, 4.69) is 20.7 Å². The summed E-state index contributed by atoms with van der Waals surface area (Å²) in [6.45, 7) is 6.04. The van der Waals surface area contributed by atoms with Gasteiger partial charge >= 0.3 is 0 Å². The Labute approximate surface area is 121 Å². The predicted molar refractivity (Wildman–Crippen MR) is 81.1 cm³/mol. The SMILES string of the molecule is Cn1ccc(NC(=O)c2sc(NC(C)(C)C)nc2N)n1. The van der Waals surface area contributed by atoms with Crippen molar-refractivity contribution >= 4 is 34.0 Å². The van der Waals surface area contributed by atoms with Crippen molar-refractivity contribution in [1.29, 1.82) is 0 Å². The summed E-state index contributed by atoms with van der Waals surface area (Å²) in [5.74, 6) is 0.395. The standard InChI is InChI=1S/C12H18N6OS/c1-12(2,3)16-11-15-9(13)8(20-11)10(19)14-7-5-6-18(4)17-7/h5-6H,13H2,1-4H3,(H,15,16)(H,14,17,19). The lowest BCUT2D eigenvalue weighted by Gasteiger charge is -2.19. The highest BCUT2D eigenvalue weighted by Crippen LogP contribution is 2.27. The van der Waals surface area contributed by atoms with Crippen LogP contribution < -0.4 is 16.4 Å². The van der Waals surface area contributed by atoms with Gasteiger partial charge in [-0.3, -0.25) is 9.48 Å². The minimum absolute atomic E-state index is 0.140. The third-order valence-electron chi connectivity index (χ3n) is 2.30. The first kappa shape index (κ1) is 14.3. The van der Waals surface area contributed by atoms with E-state index in [-0.39, 0.29) is 17.3 Å². The Balaban J connectivity index is 2.14. The summed E-state index contributed by atoms with van der Waals surface area (Å²) in [6, 6.07) is 1.71. The molecule has 2 rings (SSSR count). The van der Waals surface area contributed by atoms with Crippen molar-refractivity contribution in [1.82, 2.24) is 14.8 Å². The monoisotopic (exact) mass is 294 g/mol. The first-order valence-corrected chi connectivity index (χ1v) is 6.92. The zero-order chi connectivity index (χ0) is 14.9. The summed E-state index contributed by atoms with van der Waals surface area (Å²) in [5.41, 5.74) is 5.65. The quantitative estimate of drug-likeness (QED) is 0.803. The molecule has 2 aromatic rings. The van der Waals surface area contributed by atoms with Crippen LogP contribution in [0.2, 0.25) is 0 Å². The number of rotatable bonds is 3. The van der Waals surface area contributed by atoms with E-state index in [4.69, 9.17) is 5.73 Å². The molecule has 0 atom stereocenters. The molecule has 1 amide bonds. The minimum atomic E-state index is -0.305. The van der Waals surface area contributed by atoms with Gasteiger partial charge in [-0.1, -0.05) is 11.3 Å². The van der Waals surface area contributed by atoms with Crippen LogP contribution in [0.15, 0.2) is 12.3 Å². The van der Waals surface area contributed by atoms with E-state index < -0.39 is 0 Å². The van der Waals surface area contributed by atoms with Gasteiger partial charge in [0.25, 0.3) is 5.91 Å². The number of aromatic nitrogens is 3. The number of nitrogens with two attached hydrogens (primary N) is 1. The molecular formula is C12H18N6OS. The lowest BCUT2D eigenvalue weighted by Crippen LogP contribution is -2.25. The fraction of sp³-hybridized carbons (Fsp3) is 0.417. The van der Waals surface area contributed by atoms with Crippen molar-refractivity contribution in [2.75, 3.05) is 16.4 Å². The Morgan fingerprint density at radius 3 is 2.70 bits per heavy atom. The predicted octanol–water partition coefficient (Wildman–Crippen LogP) is 1.92. The number of nitrogens with zero attached hydrogens (tertiary/aromatic N) is 3. The van der Waals surface area contributed by atoms with Gasteiger partial charge in [0.1, 0.15) is 10.7 Å². The smallest absolute Gasteiger partial charge is 0.270 e. The average molecular weight is 294 g/mol. The van der Waals surface area contributed by atoms with Crippen LogP contribution in [-0.4, -0.2) is 26.2 Å². The molecule has 0 radical (unpaired) electrons. The number of hydrogen-bond donors (Lipinski definition) is 3. The van der Waals surface area contributed by atoms with Crippen molar-refractivity contribution in [3.63, 3.8) is 0 Å². The highest BCUT2D eigenvalue weighted by atomic mass is 32.1. The number of amides is 1. The van der Waals surface area contributed by atoms with E-state index >= 15 is 0 Å². The Kier molecular flexibility index (Phi) is 3.67. The van der Waals surface area contributed by atoms with Crippen LogP contribution in [0.5, 0.6) is 0 Å². The van der Waals surface area contributed by atoms with Gasteiger partial charge in [0.2, 0.25) is 0 Å². The van der Waals surface area contributed by atoms with E-state index in [1.807, 2.05) is 20.8 Å². The summed E-state index contributed by atoms with van der Waals surface area (Å²) in [6.07, 6.45) is 1.75. The Hall–Kier alpha value is -2.09. The lowest BCUT2D eigenvalue weighted by molar-refractivity contribution is 0.103. The van der Waals surface area contributed by atoms with Crippen molar-refractivity contribution in [2.45, 2.75) is 26.3 Å². The molecule has 0 fully saturated rings. The van der Waals surface area contributed by atoms with Crippen LogP contribution in [0.4, 0.5) is 16.8 Å². The van der Waals surface area contributed by atoms with Crippen molar-refractivity contribution in [3.8, 4) is 0 Å². The third-order valence-corrected chi connectivity index (χ3v) is 3.28. The average Bonchev–Trinajstić information content (AvgIpc) is 2.83. The molecule has 108 valence electrons. The number of thiazole rings is 1. The molecule has 7 nitrogen and oxygen atoms in total. The van der Waals surface area contributed by atoms with Gasteiger partial charge in [-0.15, -0.1) is 0 Å². The largest absolute Gasteiger partial charge is 0.382 e. The fourth-order valence-electron chi connectivity index (χ4n) is 1.52. The van der Waals surface area contributed by atoms with Gasteiger partial charge in [0.15, 0.2) is 10.9 Å². The number of anilines is 3. The molecule has 0 aromatic carbocycles. The maximum absolute atomic E-state index is 12.1. The summed E-state index contributed by atoms with van der Waals surface area (Å²) >= 11 is 1.23. The van der Waals surface area contributed by atoms with E-state index in [0.29, 0.717) is 15.8 Å². The van der Waals surface area contributed by atoms with Gasteiger partial charge in [-0.25, -0.2) is 4.98 Å². The molecule has 0 saturated heterocycles. The zero-order valence-electron chi connectivity index (χ0n) is 11.9. The minimum Gasteiger partial charge on any atom is -0.382 e. The number of hydrogen-bond acceptors (Lipinski definition) is 6. The van der Waals surface area contributed by atoms with Gasteiger partial charge in [0, 0.05) is 24.8 Å². The molecule has 20 heavy (non-hydrogen) atoms. The van der Waals surface area contributed by atoms with Gasteiger partial charge in [0.05, 0.1) is 0 Å². The number of aryl methyl sites for hydroxylation is 1. The molecule has 0 unspecified atom stereocenters. The van der Waals surface area contributed by atoms with E-state index in [1.54, 1.807) is 24.0 Å². The normalized spacial score (nSPS) is 11.4. The molecule has 0 saturated carbocycles. The first-order chi connectivity index (χ1) is 9.24. The number of nitrogen functional groups attached to an aromatic ring is 1. The molecular weight excluding hydrogens is 276 g/mol. The maximum Gasteiger partial charge on any atom is 0.270 e. The van der Waals surface area contributed by atoms with Crippen LogP contribution in [0, 0.1) is 0 Å². The lowest BCUT2D eigenvalue weighted by atomic mass is 10.1.